The quantitative estimate of drug-likeness (QED) is 0.418. The standard InChI is InChI=1S/C8H12/c1-8-6-4-2-3-5-7-8/h2,5,8H,4,6-7H2,1H3. The summed E-state index contributed by atoms with van der Waals surface area (Å²) in [6, 6.07) is 0. The Kier molecular flexibility index (Phi) is 1.93. The first kappa shape index (κ1) is 5.65. The fourth-order valence-electron chi connectivity index (χ4n) is 0.922. The van der Waals surface area contributed by atoms with Gasteiger partial charge < -0.3 is 0 Å². The Morgan fingerprint density at radius 1 is 1.50 bits per heavy atom. The highest BCUT2D eigenvalue weighted by atomic mass is 14.0. The summed E-state index contributed by atoms with van der Waals surface area (Å²) >= 11 is 0. The minimum absolute atomic E-state index is 0.876. The Morgan fingerprint density at radius 3 is 3.25 bits per heavy atom. The van der Waals surface area contributed by atoms with Crippen molar-refractivity contribution < 1.29 is 0 Å². The maximum absolute atomic E-state index is 3.13. The van der Waals surface area contributed by atoms with Gasteiger partial charge in [-0.05, 0) is 37.3 Å². The molecule has 0 nitrogen and oxygen atoms in total. The zero-order valence-electron chi connectivity index (χ0n) is 5.35. The van der Waals surface area contributed by atoms with Gasteiger partial charge in [0, 0.05) is 0 Å². The lowest BCUT2D eigenvalue weighted by atomic mass is 10.0. The first-order valence-electron chi connectivity index (χ1n) is 3.29. The molecular formula is C8H12. The van der Waals surface area contributed by atoms with Crippen molar-refractivity contribution in [1.29, 1.82) is 0 Å². The smallest absolute Gasteiger partial charge is 0.0248 e. The van der Waals surface area contributed by atoms with Gasteiger partial charge in [-0.15, -0.1) is 5.73 Å². The van der Waals surface area contributed by atoms with Crippen LogP contribution in [-0.2, 0) is 0 Å². The Bertz CT molecular complexity index is 116. The second-order valence-corrected chi connectivity index (χ2v) is 2.49. The number of allylic oxidation sites excluding steroid dienone is 1. The summed E-state index contributed by atoms with van der Waals surface area (Å²) in [5.74, 6) is 0.876. The van der Waals surface area contributed by atoms with E-state index in [1.54, 1.807) is 0 Å². The SMILES string of the molecule is CC1CC=C=CCC1. The molecule has 1 rings (SSSR count). The van der Waals surface area contributed by atoms with E-state index in [-0.39, 0.29) is 0 Å². The summed E-state index contributed by atoms with van der Waals surface area (Å²) in [4.78, 5) is 0. The van der Waals surface area contributed by atoms with Gasteiger partial charge in [0.25, 0.3) is 0 Å². The van der Waals surface area contributed by atoms with E-state index < -0.39 is 0 Å². The predicted octanol–water partition coefficient (Wildman–Crippen LogP) is 2.52. The average Bonchev–Trinajstić information content (AvgIpc) is 1.94. The van der Waals surface area contributed by atoms with Gasteiger partial charge in [0.1, 0.15) is 0 Å². The van der Waals surface area contributed by atoms with E-state index in [4.69, 9.17) is 0 Å². The van der Waals surface area contributed by atoms with Crippen molar-refractivity contribution in [2.45, 2.75) is 26.2 Å². The van der Waals surface area contributed by atoms with Crippen molar-refractivity contribution in [3.05, 3.63) is 17.9 Å². The van der Waals surface area contributed by atoms with Crippen molar-refractivity contribution in [2.24, 2.45) is 5.92 Å². The molecule has 0 aromatic heterocycles. The molecule has 0 heterocycles. The van der Waals surface area contributed by atoms with Gasteiger partial charge in [0.2, 0.25) is 0 Å². The monoisotopic (exact) mass is 108 g/mol. The zero-order valence-corrected chi connectivity index (χ0v) is 5.35. The summed E-state index contributed by atoms with van der Waals surface area (Å²) in [5.41, 5.74) is 3.13. The van der Waals surface area contributed by atoms with Crippen molar-refractivity contribution >= 4 is 0 Å². The van der Waals surface area contributed by atoms with E-state index in [9.17, 15) is 0 Å². The summed E-state index contributed by atoms with van der Waals surface area (Å²) in [6.07, 6.45) is 8.04. The molecule has 1 atom stereocenters. The largest absolute Gasteiger partial charge is 0.130 e. The molecule has 44 valence electrons. The van der Waals surface area contributed by atoms with Crippen LogP contribution in [0.25, 0.3) is 0 Å². The fourth-order valence-corrected chi connectivity index (χ4v) is 0.922. The molecule has 1 aliphatic rings. The molecule has 0 spiro atoms. The Balaban J connectivity index is 2.43. The molecule has 8 heavy (non-hydrogen) atoms. The molecule has 1 aliphatic carbocycles. The van der Waals surface area contributed by atoms with E-state index in [1.165, 1.54) is 19.3 Å². The molecule has 0 aliphatic heterocycles. The summed E-state index contributed by atoms with van der Waals surface area (Å²) in [7, 11) is 0. The minimum Gasteiger partial charge on any atom is -0.130 e. The lowest BCUT2D eigenvalue weighted by molar-refractivity contribution is 0.552. The molecule has 0 radical (unpaired) electrons. The van der Waals surface area contributed by atoms with Crippen LogP contribution in [0.3, 0.4) is 0 Å². The maximum atomic E-state index is 3.13. The Morgan fingerprint density at radius 2 is 2.38 bits per heavy atom. The topological polar surface area (TPSA) is 0 Å². The lowest BCUT2D eigenvalue weighted by Gasteiger charge is -2.01. The van der Waals surface area contributed by atoms with Crippen molar-refractivity contribution in [3.8, 4) is 0 Å². The van der Waals surface area contributed by atoms with Crippen molar-refractivity contribution in [3.63, 3.8) is 0 Å². The number of hydrogen-bond acceptors (Lipinski definition) is 0. The molecule has 0 saturated heterocycles. The highest BCUT2D eigenvalue weighted by Gasteiger charge is 1.98. The van der Waals surface area contributed by atoms with Gasteiger partial charge in [0.15, 0.2) is 0 Å². The predicted molar refractivity (Wildman–Crippen MR) is 35.7 cm³/mol. The zero-order chi connectivity index (χ0) is 5.82. The van der Waals surface area contributed by atoms with Crippen LogP contribution in [-0.4, -0.2) is 0 Å². The molecule has 0 amide bonds. The summed E-state index contributed by atoms with van der Waals surface area (Å²) < 4.78 is 0. The summed E-state index contributed by atoms with van der Waals surface area (Å²) in [6.45, 7) is 2.29. The Hall–Kier alpha value is -0.480. The first-order valence-corrected chi connectivity index (χ1v) is 3.29. The Labute approximate surface area is 50.9 Å². The number of hydrogen-bond donors (Lipinski definition) is 0. The van der Waals surface area contributed by atoms with Gasteiger partial charge in [0.05, 0.1) is 0 Å². The molecular weight excluding hydrogens is 96.1 g/mol. The summed E-state index contributed by atoms with van der Waals surface area (Å²) in [5, 5.41) is 0. The molecule has 1 unspecified atom stereocenters. The van der Waals surface area contributed by atoms with Crippen LogP contribution in [0.2, 0.25) is 0 Å². The van der Waals surface area contributed by atoms with Crippen LogP contribution in [0.1, 0.15) is 26.2 Å². The van der Waals surface area contributed by atoms with Gasteiger partial charge in [-0.25, -0.2) is 0 Å². The molecule has 0 aromatic rings. The second kappa shape index (κ2) is 2.74. The molecule has 0 fully saturated rings. The number of rotatable bonds is 0. The van der Waals surface area contributed by atoms with Crippen molar-refractivity contribution in [1.82, 2.24) is 0 Å². The fraction of sp³-hybridized carbons (Fsp3) is 0.625. The molecule has 0 saturated carbocycles. The third kappa shape index (κ3) is 1.55. The highest BCUT2D eigenvalue weighted by Crippen LogP contribution is 2.12. The molecule has 0 heteroatoms. The van der Waals surface area contributed by atoms with E-state index in [1.807, 2.05) is 0 Å². The van der Waals surface area contributed by atoms with E-state index in [2.05, 4.69) is 24.8 Å². The van der Waals surface area contributed by atoms with Crippen LogP contribution in [0.15, 0.2) is 17.9 Å². The van der Waals surface area contributed by atoms with Crippen LogP contribution < -0.4 is 0 Å². The van der Waals surface area contributed by atoms with Crippen LogP contribution in [0.4, 0.5) is 0 Å². The first-order chi connectivity index (χ1) is 3.89. The van der Waals surface area contributed by atoms with Crippen LogP contribution >= 0.6 is 0 Å². The minimum atomic E-state index is 0.876. The second-order valence-electron chi connectivity index (χ2n) is 2.49. The van der Waals surface area contributed by atoms with E-state index in [0.717, 1.165) is 5.92 Å². The maximum Gasteiger partial charge on any atom is -0.0248 e. The average molecular weight is 108 g/mol. The van der Waals surface area contributed by atoms with Crippen LogP contribution in [0, 0.1) is 5.92 Å². The van der Waals surface area contributed by atoms with Gasteiger partial charge in [-0.1, -0.05) is 6.92 Å². The third-order valence-corrected chi connectivity index (χ3v) is 1.56. The molecule has 0 N–H and O–H groups in total. The molecule has 0 bridgehead atoms. The lowest BCUT2D eigenvalue weighted by Crippen LogP contribution is -1.88. The van der Waals surface area contributed by atoms with Gasteiger partial charge in [-0.3, -0.25) is 0 Å². The normalized spacial score (nSPS) is 27.9. The van der Waals surface area contributed by atoms with E-state index in [0.29, 0.717) is 0 Å². The molecule has 0 aromatic carbocycles. The highest BCUT2D eigenvalue weighted by molar-refractivity contribution is 4.89. The van der Waals surface area contributed by atoms with Gasteiger partial charge in [-0.2, -0.15) is 0 Å². The third-order valence-electron chi connectivity index (χ3n) is 1.56. The van der Waals surface area contributed by atoms with Gasteiger partial charge >= 0.3 is 0 Å². The van der Waals surface area contributed by atoms with Crippen molar-refractivity contribution in [2.75, 3.05) is 0 Å². The van der Waals surface area contributed by atoms with E-state index >= 15 is 0 Å². The van der Waals surface area contributed by atoms with Crippen LogP contribution in [0.5, 0.6) is 0 Å².